The summed E-state index contributed by atoms with van der Waals surface area (Å²) in [6.07, 6.45) is 0. The number of halogens is 2. The Kier molecular flexibility index (Phi) is 5.70. The van der Waals surface area contributed by atoms with Gasteiger partial charge in [-0.1, -0.05) is 22.0 Å². The van der Waals surface area contributed by atoms with E-state index in [9.17, 15) is 14.0 Å². The number of benzene rings is 2. The maximum absolute atomic E-state index is 13.6. The van der Waals surface area contributed by atoms with E-state index in [1.165, 1.54) is 25.3 Å². The molecule has 120 valence electrons. The van der Waals surface area contributed by atoms with Crippen LogP contribution in [-0.4, -0.2) is 25.6 Å². The Morgan fingerprint density at radius 2 is 2.00 bits per heavy atom. The third-order valence-corrected chi connectivity index (χ3v) is 3.31. The summed E-state index contributed by atoms with van der Waals surface area (Å²) < 4.78 is 23.9. The molecule has 0 aromatic heterocycles. The molecule has 1 N–H and O–H groups in total. The molecular weight excluding hydrogens is 369 g/mol. The number of hydrogen-bond donors (Lipinski definition) is 1. The normalized spacial score (nSPS) is 10.0. The molecule has 0 heterocycles. The summed E-state index contributed by atoms with van der Waals surface area (Å²) in [5.74, 6) is -1.57. The van der Waals surface area contributed by atoms with E-state index in [2.05, 4.69) is 26.0 Å². The molecule has 0 spiro atoms. The fraction of sp³-hybridized carbons (Fsp3) is 0.125. The van der Waals surface area contributed by atoms with E-state index in [4.69, 9.17) is 4.74 Å². The minimum absolute atomic E-state index is 0.0216. The van der Waals surface area contributed by atoms with E-state index in [1.807, 2.05) is 0 Å². The lowest BCUT2D eigenvalue weighted by molar-refractivity contribution is -0.118. The first kappa shape index (κ1) is 17.0. The fourth-order valence-electron chi connectivity index (χ4n) is 1.77. The van der Waals surface area contributed by atoms with E-state index < -0.39 is 17.7 Å². The lowest BCUT2D eigenvalue weighted by atomic mass is 10.2. The van der Waals surface area contributed by atoms with Crippen LogP contribution in [0.1, 0.15) is 10.4 Å². The molecule has 0 atom stereocenters. The SMILES string of the molecule is COC(=O)c1cccc(NC(=O)COc2ccc(Br)cc2F)c1. The molecule has 0 saturated heterocycles. The first-order chi connectivity index (χ1) is 11.0. The van der Waals surface area contributed by atoms with Crippen LogP contribution >= 0.6 is 15.9 Å². The average molecular weight is 382 g/mol. The van der Waals surface area contributed by atoms with Gasteiger partial charge >= 0.3 is 5.97 Å². The second-order valence-corrected chi connectivity index (χ2v) is 5.40. The van der Waals surface area contributed by atoms with Crippen LogP contribution in [0.15, 0.2) is 46.9 Å². The lowest BCUT2D eigenvalue weighted by Gasteiger charge is -2.09. The van der Waals surface area contributed by atoms with Crippen LogP contribution in [0.25, 0.3) is 0 Å². The highest BCUT2D eigenvalue weighted by Gasteiger charge is 2.10. The van der Waals surface area contributed by atoms with Crippen LogP contribution in [0.5, 0.6) is 5.75 Å². The summed E-state index contributed by atoms with van der Waals surface area (Å²) in [6, 6.07) is 10.5. The Bertz CT molecular complexity index is 736. The Hall–Kier alpha value is -2.41. The average Bonchev–Trinajstić information content (AvgIpc) is 2.53. The number of esters is 1. The van der Waals surface area contributed by atoms with E-state index in [0.29, 0.717) is 15.7 Å². The number of rotatable bonds is 5. The predicted octanol–water partition coefficient (Wildman–Crippen LogP) is 3.39. The van der Waals surface area contributed by atoms with Gasteiger partial charge in [-0.2, -0.15) is 0 Å². The van der Waals surface area contributed by atoms with Crippen molar-refractivity contribution in [1.82, 2.24) is 0 Å². The van der Waals surface area contributed by atoms with Gasteiger partial charge in [-0.15, -0.1) is 0 Å². The number of anilines is 1. The largest absolute Gasteiger partial charge is 0.481 e. The molecule has 0 aliphatic carbocycles. The van der Waals surface area contributed by atoms with E-state index >= 15 is 0 Å². The molecule has 0 fully saturated rings. The van der Waals surface area contributed by atoms with Gasteiger partial charge in [-0.05, 0) is 36.4 Å². The minimum atomic E-state index is -0.570. The standard InChI is InChI=1S/C16H13BrFNO4/c1-22-16(21)10-3-2-4-12(7-10)19-15(20)9-23-14-6-5-11(17)8-13(14)18/h2-8H,9H2,1H3,(H,19,20). The maximum Gasteiger partial charge on any atom is 0.337 e. The number of methoxy groups -OCH3 is 1. The van der Waals surface area contributed by atoms with Crippen molar-refractivity contribution in [2.45, 2.75) is 0 Å². The van der Waals surface area contributed by atoms with Gasteiger partial charge in [0.2, 0.25) is 0 Å². The fourth-order valence-corrected chi connectivity index (χ4v) is 2.11. The van der Waals surface area contributed by atoms with Crippen LogP contribution in [0.2, 0.25) is 0 Å². The Morgan fingerprint density at radius 3 is 2.70 bits per heavy atom. The van der Waals surface area contributed by atoms with Gasteiger partial charge in [0.15, 0.2) is 18.2 Å². The van der Waals surface area contributed by atoms with Gasteiger partial charge in [0.1, 0.15) is 0 Å². The van der Waals surface area contributed by atoms with Crippen molar-refractivity contribution in [2.75, 3.05) is 19.0 Å². The molecule has 2 aromatic carbocycles. The van der Waals surface area contributed by atoms with Crippen LogP contribution in [0.3, 0.4) is 0 Å². The summed E-state index contributed by atoms with van der Waals surface area (Å²) in [5, 5.41) is 2.56. The summed E-state index contributed by atoms with van der Waals surface area (Å²) >= 11 is 3.13. The summed E-state index contributed by atoms with van der Waals surface area (Å²) in [4.78, 5) is 23.3. The highest BCUT2D eigenvalue weighted by Crippen LogP contribution is 2.21. The molecule has 2 aromatic rings. The number of ether oxygens (including phenoxy) is 2. The number of carbonyl (C=O) groups excluding carboxylic acids is 2. The van der Waals surface area contributed by atoms with Gasteiger partial charge in [0.25, 0.3) is 5.91 Å². The van der Waals surface area contributed by atoms with Crippen LogP contribution in [0.4, 0.5) is 10.1 Å². The molecule has 2 rings (SSSR count). The first-order valence-corrected chi connectivity index (χ1v) is 7.35. The molecule has 0 radical (unpaired) electrons. The van der Waals surface area contributed by atoms with E-state index in [-0.39, 0.29) is 12.4 Å². The second-order valence-electron chi connectivity index (χ2n) is 4.48. The Morgan fingerprint density at radius 1 is 1.22 bits per heavy atom. The van der Waals surface area contributed by atoms with Gasteiger partial charge in [0, 0.05) is 10.2 Å². The molecule has 0 saturated carbocycles. The number of amides is 1. The second kappa shape index (κ2) is 7.73. The zero-order valence-electron chi connectivity index (χ0n) is 12.1. The van der Waals surface area contributed by atoms with Gasteiger partial charge in [-0.3, -0.25) is 4.79 Å². The molecular formula is C16H13BrFNO4. The van der Waals surface area contributed by atoms with Crippen molar-refractivity contribution < 1.29 is 23.5 Å². The first-order valence-electron chi connectivity index (χ1n) is 6.55. The van der Waals surface area contributed by atoms with Crippen molar-refractivity contribution in [3.63, 3.8) is 0 Å². The third kappa shape index (κ3) is 4.79. The molecule has 7 heteroatoms. The Balaban J connectivity index is 1.96. The zero-order valence-corrected chi connectivity index (χ0v) is 13.7. The Labute approximate surface area is 140 Å². The summed E-state index contributed by atoms with van der Waals surface area (Å²) in [6.45, 7) is -0.360. The van der Waals surface area contributed by atoms with Crippen molar-refractivity contribution in [3.05, 3.63) is 58.3 Å². The number of nitrogens with one attached hydrogen (secondary N) is 1. The summed E-state index contributed by atoms with van der Waals surface area (Å²) in [5.41, 5.74) is 0.725. The monoisotopic (exact) mass is 381 g/mol. The molecule has 23 heavy (non-hydrogen) atoms. The van der Waals surface area contributed by atoms with Crippen LogP contribution in [-0.2, 0) is 9.53 Å². The number of hydrogen-bond acceptors (Lipinski definition) is 4. The van der Waals surface area contributed by atoms with Crippen LogP contribution < -0.4 is 10.1 Å². The lowest BCUT2D eigenvalue weighted by Crippen LogP contribution is -2.20. The van der Waals surface area contributed by atoms with Crippen LogP contribution in [0, 0.1) is 5.82 Å². The van der Waals surface area contributed by atoms with Crippen molar-refractivity contribution in [3.8, 4) is 5.75 Å². The highest BCUT2D eigenvalue weighted by atomic mass is 79.9. The predicted molar refractivity (Wildman–Crippen MR) is 86.0 cm³/mol. The van der Waals surface area contributed by atoms with Crippen molar-refractivity contribution in [1.29, 1.82) is 0 Å². The topological polar surface area (TPSA) is 64.6 Å². The quantitative estimate of drug-likeness (QED) is 0.806. The van der Waals surface area contributed by atoms with Gasteiger partial charge < -0.3 is 14.8 Å². The van der Waals surface area contributed by atoms with Gasteiger partial charge in [-0.25, -0.2) is 9.18 Å². The van der Waals surface area contributed by atoms with Crippen molar-refractivity contribution >= 4 is 33.5 Å². The maximum atomic E-state index is 13.6. The van der Waals surface area contributed by atoms with E-state index in [1.54, 1.807) is 24.3 Å². The molecule has 1 amide bonds. The summed E-state index contributed by atoms with van der Waals surface area (Å²) in [7, 11) is 1.27. The van der Waals surface area contributed by atoms with Gasteiger partial charge in [0.05, 0.1) is 12.7 Å². The zero-order chi connectivity index (χ0) is 16.8. The molecule has 0 aliphatic heterocycles. The number of carbonyl (C=O) groups is 2. The molecule has 5 nitrogen and oxygen atoms in total. The van der Waals surface area contributed by atoms with E-state index in [0.717, 1.165) is 0 Å². The highest BCUT2D eigenvalue weighted by molar-refractivity contribution is 9.10. The minimum Gasteiger partial charge on any atom is -0.481 e. The third-order valence-electron chi connectivity index (χ3n) is 2.82. The molecule has 0 bridgehead atoms. The molecule has 0 aliphatic rings. The molecule has 0 unspecified atom stereocenters. The van der Waals surface area contributed by atoms with Crippen molar-refractivity contribution in [2.24, 2.45) is 0 Å². The smallest absolute Gasteiger partial charge is 0.337 e.